The lowest BCUT2D eigenvalue weighted by Gasteiger charge is -2.62. The monoisotopic (exact) mass is 422 g/mol. The Hall–Kier alpha value is -3.16. The fraction of sp³-hybridized carbons (Fsp3) is 0.478. The number of carbonyl (C=O) groups excluding carboxylic acids is 1. The Bertz CT molecular complexity index is 1080. The van der Waals surface area contributed by atoms with Crippen LogP contribution in [-0.4, -0.2) is 41.1 Å². The molecule has 2 spiro atoms. The highest BCUT2D eigenvalue weighted by atomic mass is 16.5. The summed E-state index contributed by atoms with van der Waals surface area (Å²) in [5.74, 6) is 1.02. The molecule has 162 valence electrons. The summed E-state index contributed by atoms with van der Waals surface area (Å²) < 4.78 is 17.2. The minimum absolute atomic E-state index is 0.120. The average Bonchev–Trinajstić information content (AvgIpc) is 3.09. The van der Waals surface area contributed by atoms with Crippen LogP contribution < -0.4 is 15.2 Å². The van der Waals surface area contributed by atoms with E-state index >= 15 is 0 Å². The first kappa shape index (κ1) is 19.8. The summed E-state index contributed by atoms with van der Waals surface area (Å²) in [6.07, 6.45) is 6.17. The predicted molar refractivity (Wildman–Crippen MR) is 113 cm³/mol. The number of methoxy groups -OCH3 is 1. The van der Waals surface area contributed by atoms with E-state index in [1.165, 1.54) is 19.5 Å². The number of fused-ring (bicyclic) bond motifs is 3. The minimum atomic E-state index is -0.606. The molecule has 0 radical (unpaired) electrons. The molecule has 31 heavy (non-hydrogen) atoms. The first-order valence-electron chi connectivity index (χ1n) is 10.5. The van der Waals surface area contributed by atoms with E-state index in [-0.39, 0.29) is 23.6 Å². The van der Waals surface area contributed by atoms with Crippen LogP contribution in [0.5, 0.6) is 11.6 Å². The van der Waals surface area contributed by atoms with Gasteiger partial charge in [-0.1, -0.05) is 12.5 Å². The molecule has 1 saturated carbocycles. The van der Waals surface area contributed by atoms with Crippen LogP contribution in [0, 0.1) is 5.41 Å². The fourth-order valence-corrected chi connectivity index (χ4v) is 5.43. The lowest BCUT2D eigenvalue weighted by atomic mass is 9.48. The Morgan fingerprint density at radius 3 is 2.61 bits per heavy atom. The van der Waals surface area contributed by atoms with Gasteiger partial charge in [0.1, 0.15) is 29.2 Å². The number of hydrogen-bond donors (Lipinski definition) is 1. The number of hydrogen-bond acceptors (Lipinski definition) is 8. The van der Waals surface area contributed by atoms with Crippen LogP contribution in [0.2, 0.25) is 0 Å². The predicted octanol–water partition coefficient (Wildman–Crippen LogP) is 2.79. The number of ether oxygens (including phenoxy) is 3. The fourth-order valence-electron chi connectivity index (χ4n) is 5.43. The second kappa shape index (κ2) is 6.67. The number of ketones is 1. The third kappa shape index (κ3) is 2.73. The maximum atomic E-state index is 12.8. The van der Waals surface area contributed by atoms with Crippen LogP contribution in [0.3, 0.4) is 0 Å². The van der Waals surface area contributed by atoms with Gasteiger partial charge in [-0.25, -0.2) is 15.0 Å². The number of rotatable bonds is 4. The van der Waals surface area contributed by atoms with E-state index in [2.05, 4.69) is 23.8 Å². The molecular formula is C23H26N4O4. The topological polar surface area (TPSA) is 109 Å². The normalized spacial score (nSPS) is 24.5. The number of nitrogens with zero attached hydrogens (tertiary/aromatic N) is 3. The van der Waals surface area contributed by atoms with Gasteiger partial charge in [0.05, 0.1) is 19.5 Å². The molecule has 5 rings (SSSR count). The second-order valence-electron chi connectivity index (χ2n) is 9.02. The van der Waals surface area contributed by atoms with E-state index in [0.29, 0.717) is 18.2 Å². The largest absolute Gasteiger partial charge is 0.487 e. The Kier molecular flexibility index (Phi) is 4.26. The summed E-state index contributed by atoms with van der Waals surface area (Å²) in [6, 6.07) is 6.07. The van der Waals surface area contributed by atoms with Crippen LogP contribution in [0.1, 0.15) is 54.7 Å². The van der Waals surface area contributed by atoms with Crippen LogP contribution in [-0.2, 0) is 16.7 Å². The van der Waals surface area contributed by atoms with Gasteiger partial charge in [-0.05, 0) is 44.4 Å². The lowest BCUT2D eigenvalue weighted by molar-refractivity contribution is -0.157. The Morgan fingerprint density at radius 1 is 1.23 bits per heavy atom. The van der Waals surface area contributed by atoms with Crippen molar-refractivity contribution in [1.29, 1.82) is 0 Å². The maximum absolute atomic E-state index is 12.8. The van der Waals surface area contributed by atoms with Crippen molar-refractivity contribution in [3.63, 3.8) is 0 Å². The molecule has 3 heterocycles. The Morgan fingerprint density at radius 2 is 2.03 bits per heavy atom. The number of amidine groups is 1. The van der Waals surface area contributed by atoms with Crippen molar-refractivity contribution in [2.75, 3.05) is 13.7 Å². The number of Topliss-reactive ketones (excluding diaryl/α,β-unsaturated/α-hetero) is 1. The van der Waals surface area contributed by atoms with Crippen molar-refractivity contribution in [2.45, 2.75) is 50.7 Å². The highest BCUT2D eigenvalue weighted by Gasteiger charge is 2.69. The van der Waals surface area contributed by atoms with Gasteiger partial charge in [0, 0.05) is 17.4 Å². The van der Waals surface area contributed by atoms with Gasteiger partial charge in [-0.2, -0.15) is 0 Å². The molecule has 0 unspecified atom stereocenters. The summed E-state index contributed by atoms with van der Waals surface area (Å²) in [7, 11) is 1.51. The van der Waals surface area contributed by atoms with Crippen molar-refractivity contribution in [1.82, 2.24) is 9.97 Å². The van der Waals surface area contributed by atoms with Crippen molar-refractivity contribution < 1.29 is 19.0 Å². The molecule has 3 aliphatic rings. The molecule has 2 aliphatic heterocycles. The maximum Gasteiger partial charge on any atom is 0.283 e. The SMILES string of the molecule is COc1cnc(C(=O)Cc2ccc3c(c2)[C@@]2(COC(N)=N2)C2(CCC2)C(C)(C)O3)cn1. The number of aromatic nitrogens is 2. The Balaban J connectivity index is 1.53. The molecule has 2 N–H and O–H groups in total. The molecule has 1 fully saturated rings. The molecule has 1 aliphatic carbocycles. The molecule has 0 saturated heterocycles. The minimum Gasteiger partial charge on any atom is -0.487 e. The van der Waals surface area contributed by atoms with E-state index in [1.807, 2.05) is 18.2 Å². The summed E-state index contributed by atoms with van der Waals surface area (Å²) in [5, 5.41) is 0. The summed E-state index contributed by atoms with van der Waals surface area (Å²) >= 11 is 0. The molecule has 2 aromatic rings. The zero-order valence-corrected chi connectivity index (χ0v) is 18.0. The van der Waals surface area contributed by atoms with E-state index in [4.69, 9.17) is 24.9 Å². The van der Waals surface area contributed by atoms with Gasteiger partial charge in [-0.15, -0.1) is 0 Å². The summed E-state index contributed by atoms with van der Waals surface area (Å²) in [4.78, 5) is 25.9. The zero-order chi connectivity index (χ0) is 21.9. The highest BCUT2D eigenvalue weighted by Crippen LogP contribution is 2.67. The molecule has 8 heteroatoms. The van der Waals surface area contributed by atoms with Crippen molar-refractivity contribution in [3.8, 4) is 11.6 Å². The highest BCUT2D eigenvalue weighted by molar-refractivity contribution is 5.95. The van der Waals surface area contributed by atoms with Crippen LogP contribution in [0.15, 0.2) is 35.6 Å². The van der Waals surface area contributed by atoms with Gasteiger partial charge >= 0.3 is 0 Å². The van der Waals surface area contributed by atoms with E-state index in [1.54, 1.807) is 0 Å². The van der Waals surface area contributed by atoms with Crippen LogP contribution >= 0.6 is 0 Å². The van der Waals surface area contributed by atoms with Crippen LogP contribution in [0.4, 0.5) is 0 Å². The zero-order valence-electron chi connectivity index (χ0n) is 18.0. The van der Waals surface area contributed by atoms with Crippen LogP contribution in [0.25, 0.3) is 0 Å². The lowest BCUT2D eigenvalue weighted by Crippen LogP contribution is -2.66. The Labute approximate surface area is 180 Å². The van der Waals surface area contributed by atoms with Gasteiger partial charge < -0.3 is 19.9 Å². The van der Waals surface area contributed by atoms with Gasteiger partial charge in [0.15, 0.2) is 5.78 Å². The summed E-state index contributed by atoms with van der Waals surface area (Å²) in [5.41, 5.74) is 6.90. The second-order valence-corrected chi connectivity index (χ2v) is 9.02. The first-order valence-corrected chi connectivity index (χ1v) is 10.5. The van der Waals surface area contributed by atoms with E-state index < -0.39 is 11.1 Å². The number of benzene rings is 1. The molecular weight excluding hydrogens is 396 g/mol. The smallest absolute Gasteiger partial charge is 0.283 e. The molecule has 0 bridgehead atoms. The molecule has 1 aromatic carbocycles. The number of nitrogens with two attached hydrogens (primary N) is 1. The third-order valence-corrected chi connectivity index (χ3v) is 7.22. The standard InChI is InChI=1S/C23H26N4O4/c1-21(2)22(7-4-8-22)23(13-30-20(24)27-23)15-9-14(5-6-18(15)31-21)10-17(28)16-11-26-19(29-3)12-25-16/h5-6,9,11-12H,4,7-8,10,13H2,1-3H3,(H2,24,27)/t23-/m0/s1. The van der Waals surface area contributed by atoms with Gasteiger partial charge in [0.2, 0.25) is 5.88 Å². The average molecular weight is 422 g/mol. The van der Waals surface area contributed by atoms with E-state index in [0.717, 1.165) is 36.1 Å². The number of aliphatic imine (C=N–C) groups is 1. The molecule has 1 atom stereocenters. The van der Waals surface area contributed by atoms with E-state index in [9.17, 15) is 4.79 Å². The third-order valence-electron chi connectivity index (χ3n) is 7.22. The number of carbonyl (C=O) groups is 1. The summed E-state index contributed by atoms with van der Waals surface area (Å²) in [6.45, 7) is 4.64. The first-order chi connectivity index (χ1) is 14.8. The molecule has 1 aromatic heterocycles. The quantitative estimate of drug-likeness (QED) is 0.755. The van der Waals surface area contributed by atoms with Crippen molar-refractivity contribution in [3.05, 3.63) is 47.4 Å². The van der Waals surface area contributed by atoms with Gasteiger partial charge in [-0.3, -0.25) is 4.79 Å². The van der Waals surface area contributed by atoms with Crippen molar-refractivity contribution in [2.24, 2.45) is 16.1 Å². The molecule has 0 amide bonds. The van der Waals surface area contributed by atoms with Gasteiger partial charge in [0.25, 0.3) is 6.02 Å². The molecule has 8 nitrogen and oxygen atoms in total. The van der Waals surface area contributed by atoms with Crippen molar-refractivity contribution >= 4 is 11.8 Å².